The molecule has 19 heavy (non-hydrogen) atoms. The fraction of sp³-hybridized carbons (Fsp3) is 0.571. The van der Waals surface area contributed by atoms with E-state index in [9.17, 15) is 8.78 Å². The van der Waals surface area contributed by atoms with Gasteiger partial charge in [-0.25, -0.2) is 8.78 Å². The van der Waals surface area contributed by atoms with Crippen LogP contribution in [-0.4, -0.2) is 18.3 Å². The molecule has 0 aromatic heterocycles. The molecule has 0 N–H and O–H groups in total. The van der Waals surface area contributed by atoms with E-state index in [1.807, 2.05) is 27.7 Å². The lowest BCUT2D eigenvalue weighted by molar-refractivity contribution is 0.00578. The minimum absolute atomic E-state index is 0.0345. The second-order valence-corrected chi connectivity index (χ2v) is 5.95. The minimum atomic E-state index is -2.48. The molecule has 0 amide bonds. The van der Waals surface area contributed by atoms with Crippen LogP contribution in [0.25, 0.3) is 0 Å². The van der Waals surface area contributed by atoms with Crippen LogP contribution in [0.3, 0.4) is 0 Å². The van der Waals surface area contributed by atoms with E-state index in [0.717, 1.165) is 0 Å². The van der Waals surface area contributed by atoms with Crippen molar-refractivity contribution in [3.05, 3.63) is 29.3 Å². The third-order valence-corrected chi connectivity index (χ3v) is 4.16. The maximum atomic E-state index is 12.9. The number of halogens is 2. The van der Waals surface area contributed by atoms with E-state index in [2.05, 4.69) is 0 Å². The summed E-state index contributed by atoms with van der Waals surface area (Å²) in [7, 11) is -0.594. The number of rotatable bonds is 2. The van der Waals surface area contributed by atoms with E-state index in [-0.39, 0.29) is 5.56 Å². The Bertz CT molecular complexity index is 470. The van der Waals surface area contributed by atoms with Crippen LogP contribution in [0.15, 0.2) is 18.2 Å². The maximum absolute atomic E-state index is 12.9. The summed E-state index contributed by atoms with van der Waals surface area (Å²) in [5.41, 5.74) is 0.315. The van der Waals surface area contributed by atoms with E-state index in [1.54, 1.807) is 19.1 Å². The maximum Gasteiger partial charge on any atom is 0.495 e. The molecule has 0 saturated carbocycles. The van der Waals surface area contributed by atoms with Crippen molar-refractivity contribution in [1.29, 1.82) is 0 Å². The molecule has 0 aliphatic carbocycles. The van der Waals surface area contributed by atoms with Crippen LogP contribution in [-0.2, 0) is 9.31 Å². The monoisotopic (exact) mass is 268 g/mol. The Labute approximate surface area is 113 Å². The molecule has 5 heteroatoms. The van der Waals surface area contributed by atoms with Crippen molar-refractivity contribution >= 4 is 12.6 Å². The van der Waals surface area contributed by atoms with Gasteiger partial charge in [-0.2, -0.15) is 0 Å². The summed E-state index contributed by atoms with van der Waals surface area (Å²) >= 11 is 0. The summed E-state index contributed by atoms with van der Waals surface area (Å²) in [6.07, 6.45) is -2.48. The third kappa shape index (κ3) is 2.41. The zero-order valence-electron chi connectivity index (χ0n) is 12.0. The number of hydrogen-bond acceptors (Lipinski definition) is 2. The van der Waals surface area contributed by atoms with Crippen LogP contribution in [0, 0.1) is 6.92 Å². The molecule has 1 aromatic carbocycles. The highest BCUT2D eigenvalue weighted by molar-refractivity contribution is 6.62. The lowest BCUT2D eigenvalue weighted by atomic mass is 9.75. The molecular formula is C14H19BF2O2. The van der Waals surface area contributed by atoms with E-state index in [0.29, 0.717) is 11.0 Å². The Kier molecular flexibility index (Phi) is 3.48. The topological polar surface area (TPSA) is 18.5 Å². The fourth-order valence-corrected chi connectivity index (χ4v) is 2.13. The average molecular weight is 268 g/mol. The Morgan fingerprint density at radius 3 is 2.05 bits per heavy atom. The summed E-state index contributed by atoms with van der Waals surface area (Å²) in [6.45, 7) is 9.46. The second kappa shape index (κ2) is 4.56. The first kappa shape index (κ1) is 14.5. The first-order chi connectivity index (χ1) is 8.66. The predicted octanol–water partition coefficient (Wildman–Crippen LogP) is 3.23. The molecular weight excluding hydrogens is 249 g/mol. The molecule has 104 valence electrons. The average Bonchev–Trinajstić information content (AvgIpc) is 2.47. The fourth-order valence-electron chi connectivity index (χ4n) is 2.13. The molecule has 1 aliphatic heterocycles. The van der Waals surface area contributed by atoms with Gasteiger partial charge >= 0.3 is 7.12 Å². The normalized spacial score (nSPS) is 21.2. The van der Waals surface area contributed by atoms with Gasteiger partial charge in [-0.3, -0.25) is 0 Å². The van der Waals surface area contributed by atoms with Gasteiger partial charge in [0.25, 0.3) is 6.43 Å². The lowest BCUT2D eigenvalue weighted by Crippen LogP contribution is -2.41. The van der Waals surface area contributed by atoms with E-state index in [4.69, 9.17) is 9.31 Å². The highest BCUT2D eigenvalue weighted by Crippen LogP contribution is 2.37. The van der Waals surface area contributed by atoms with Crippen LogP contribution >= 0.6 is 0 Å². The Hall–Kier alpha value is -0.935. The molecule has 0 unspecified atom stereocenters. The molecule has 2 rings (SSSR count). The Morgan fingerprint density at radius 1 is 1.05 bits per heavy atom. The van der Waals surface area contributed by atoms with Gasteiger partial charge < -0.3 is 9.31 Å². The van der Waals surface area contributed by atoms with Gasteiger partial charge in [0.15, 0.2) is 0 Å². The summed E-state index contributed by atoms with van der Waals surface area (Å²) in [4.78, 5) is 0. The van der Waals surface area contributed by atoms with E-state index >= 15 is 0 Å². The molecule has 0 radical (unpaired) electrons. The second-order valence-electron chi connectivity index (χ2n) is 5.95. The van der Waals surface area contributed by atoms with Gasteiger partial charge in [0, 0.05) is 5.56 Å². The van der Waals surface area contributed by atoms with Gasteiger partial charge in [-0.15, -0.1) is 0 Å². The smallest absolute Gasteiger partial charge is 0.399 e. The zero-order chi connectivity index (χ0) is 14.4. The Morgan fingerprint density at radius 2 is 1.58 bits per heavy atom. The van der Waals surface area contributed by atoms with Gasteiger partial charge in [0.2, 0.25) is 0 Å². The quantitative estimate of drug-likeness (QED) is 0.766. The molecule has 0 atom stereocenters. The standard InChI is InChI=1S/C14H19BF2O2/c1-9-10(12(16)17)7-6-8-11(9)15-18-13(2,3)14(4,5)19-15/h6-8,12H,1-5H3. The number of alkyl halides is 2. The molecule has 1 heterocycles. The van der Waals surface area contributed by atoms with Crippen molar-refractivity contribution in [2.75, 3.05) is 0 Å². The first-order valence-electron chi connectivity index (χ1n) is 6.39. The third-order valence-electron chi connectivity index (χ3n) is 4.16. The summed E-state index contributed by atoms with van der Waals surface area (Å²) in [6, 6.07) is 4.84. The van der Waals surface area contributed by atoms with Crippen LogP contribution in [0.4, 0.5) is 8.78 Å². The Balaban J connectivity index is 2.38. The van der Waals surface area contributed by atoms with Gasteiger partial charge in [-0.05, 0) is 45.6 Å². The molecule has 0 spiro atoms. The minimum Gasteiger partial charge on any atom is -0.399 e. The van der Waals surface area contributed by atoms with Crippen molar-refractivity contribution in [3.8, 4) is 0 Å². The van der Waals surface area contributed by atoms with Crippen LogP contribution in [0.1, 0.15) is 45.2 Å². The number of hydrogen-bond donors (Lipinski definition) is 0. The molecule has 2 nitrogen and oxygen atoms in total. The van der Waals surface area contributed by atoms with Crippen LogP contribution < -0.4 is 5.46 Å². The first-order valence-corrected chi connectivity index (χ1v) is 6.39. The van der Waals surface area contributed by atoms with Crippen molar-refractivity contribution < 1.29 is 18.1 Å². The van der Waals surface area contributed by atoms with E-state index in [1.165, 1.54) is 6.07 Å². The predicted molar refractivity (Wildman–Crippen MR) is 71.9 cm³/mol. The van der Waals surface area contributed by atoms with E-state index < -0.39 is 24.7 Å². The molecule has 1 fully saturated rings. The highest BCUT2D eigenvalue weighted by Gasteiger charge is 2.52. The number of benzene rings is 1. The SMILES string of the molecule is Cc1c(B2OC(C)(C)C(C)(C)O2)cccc1C(F)F. The highest BCUT2D eigenvalue weighted by atomic mass is 19.3. The van der Waals surface area contributed by atoms with Crippen molar-refractivity contribution in [2.45, 2.75) is 52.2 Å². The van der Waals surface area contributed by atoms with Gasteiger partial charge in [-0.1, -0.05) is 18.2 Å². The largest absolute Gasteiger partial charge is 0.495 e. The summed E-state index contributed by atoms with van der Waals surface area (Å²) in [5, 5.41) is 0. The summed E-state index contributed by atoms with van der Waals surface area (Å²) in [5.74, 6) is 0. The zero-order valence-corrected chi connectivity index (χ0v) is 12.0. The molecule has 0 bridgehead atoms. The van der Waals surface area contributed by atoms with Crippen molar-refractivity contribution in [2.24, 2.45) is 0 Å². The molecule has 1 aromatic rings. The van der Waals surface area contributed by atoms with Crippen LogP contribution in [0.2, 0.25) is 0 Å². The summed E-state index contributed by atoms with van der Waals surface area (Å²) < 4.78 is 37.6. The van der Waals surface area contributed by atoms with Crippen LogP contribution in [0.5, 0.6) is 0 Å². The van der Waals surface area contributed by atoms with Crippen molar-refractivity contribution in [1.82, 2.24) is 0 Å². The van der Waals surface area contributed by atoms with Gasteiger partial charge in [0.1, 0.15) is 0 Å². The van der Waals surface area contributed by atoms with Gasteiger partial charge in [0.05, 0.1) is 11.2 Å². The molecule has 1 aliphatic rings. The lowest BCUT2D eigenvalue weighted by Gasteiger charge is -2.32. The molecule has 1 saturated heterocycles. The van der Waals surface area contributed by atoms with Crippen molar-refractivity contribution in [3.63, 3.8) is 0 Å².